The van der Waals surface area contributed by atoms with Gasteiger partial charge < -0.3 is 9.84 Å². The second kappa shape index (κ2) is 7.80. The third kappa shape index (κ3) is 7.53. The maximum atomic E-state index is 10.9. The van der Waals surface area contributed by atoms with Crippen LogP contribution in [0.3, 0.4) is 0 Å². The standard InChI is InChI=1S/C10H18O3/c1-3-5-9(11)6-7-10(12)13-8-4-2/h6-7,9,11H,3-5,8H2,1-2H3. The van der Waals surface area contributed by atoms with Crippen molar-refractivity contribution in [2.24, 2.45) is 0 Å². The van der Waals surface area contributed by atoms with Crippen LogP contribution in [-0.2, 0) is 9.53 Å². The van der Waals surface area contributed by atoms with Crippen LogP contribution in [0.4, 0.5) is 0 Å². The maximum absolute atomic E-state index is 10.9. The molecule has 0 radical (unpaired) electrons. The third-order valence-electron chi connectivity index (χ3n) is 1.49. The van der Waals surface area contributed by atoms with E-state index in [1.165, 1.54) is 12.2 Å². The minimum Gasteiger partial charge on any atom is -0.463 e. The van der Waals surface area contributed by atoms with Crippen LogP contribution in [0.25, 0.3) is 0 Å². The number of aliphatic hydroxyl groups is 1. The van der Waals surface area contributed by atoms with Crippen molar-refractivity contribution < 1.29 is 14.6 Å². The summed E-state index contributed by atoms with van der Waals surface area (Å²) in [7, 11) is 0. The van der Waals surface area contributed by atoms with Gasteiger partial charge in [-0.25, -0.2) is 4.79 Å². The average Bonchev–Trinajstić information content (AvgIpc) is 2.12. The fourth-order valence-electron chi connectivity index (χ4n) is 0.832. The molecule has 0 bridgehead atoms. The molecule has 0 spiro atoms. The van der Waals surface area contributed by atoms with Gasteiger partial charge in [-0.15, -0.1) is 0 Å². The summed E-state index contributed by atoms with van der Waals surface area (Å²) >= 11 is 0. The van der Waals surface area contributed by atoms with E-state index in [4.69, 9.17) is 4.74 Å². The fourth-order valence-corrected chi connectivity index (χ4v) is 0.832. The lowest BCUT2D eigenvalue weighted by Crippen LogP contribution is -2.05. The monoisotopic (exact) mass is 186 g/mol. The minimum atomic E-state index is -0.529. The van der Waals surface area contributed by atoms with E-state index in [0.717, 1.165) is 12.8 Å². The number of ether oxygens (including phenoxy) is 1. The summed E-state index contributed by atoms with van der Waals surface area (Å²) in [5.74, 6) is -0.378. The van der Waals surface area contributed by atoms with Gasteiger partial charge in [-0.3, -0.25) is 0 Å². The molecule has 3 nitrogen and oxygen atoms in total. The zero-order valence-electron chi connectivity index (χ0n) is 8.32. The summed E-state index contributed by atoms with van der Waals surface area (Å²) in [6.45, 7) is 4.35. The van der Waals surface area contributed by atoms with Gasteiger partial charge in [0.2, 0.25) is 0 Å². The number of rotatable bonds is 6. The number of aliphatic hydroxyl groups excluding tert-OH is 1. The smallest absolute Gasteiger partial charge is 0.330 e. The van der Waals surface area contributed by atoms with E-state index in [-0.39, 0.29) is 5.97 Å². The molecule has 13 heavy (non-hydrogen) atoms. The Morgan fingerprint density at radius 2 is 2.15 bits per heavy atom. The highest BCUT2D eigenvalue weighted by Crippen LogP contribution is 1.97. The SMILES string of the molecule is CCCOC(=O)C=CC(O)CCC. The molecule has 0 amide bonds. The van der Waals surface area contributed by atoms with Crippen molar-refractivity contribution in [3.8, 4) is 0 Å². The van der Waals surface area contributed by atoms with Crippen molar-refractivity contribution in [1.29, 1.82) is 0 Å². The van der Waals surface area contributed by atoms with Crippen LogP contribution < -0.4 is 0 Å². The molecule has 0 aliphatic carbocycles. The summed E-state index contributed by atoms with van der Waals surface area (Å²) in [5.41, 5.74) is 0. The first-order valence-electron chi connectivity index (χ1n) is 4.73. The molecule has 0 fully saturated rings. The number of hydrogen-bond donors (Lipinski definition) is 1. The van der Waals surface area contributed by atoms with Crippen molar-refractivity contribution in [1.82, 2.24) is 0 Å². The molecule has 0 rings (SSSR count). The molecule has 76 valence electrons. The number of carbonyl (C=O) groups excluding carboxylic acids is 1. The molecule has 1 N–H and O–H groups in total. The van der Waals surface area contributed by atoms with Crippen LogP contribution in [-0.4, -0.2) is 23.8 Å². The first kappa shape index (κ1) is 12.2. The molecule has 0 saturated carbocycles. The molecule has 0 saturated heterocycles. The predicted octanol–water partition coefficient (Wildman–Crippen LogP) is 1.66. The maximum Gasteiger partial charge on any atom is 0.330 e. The molecule has 0 aliphatic heterocycles. The van der Waals surface area contributed by atoms with E-state index in [2.05, 4.69) is 0 Å². The Bertz CT molecular complexity index is 164. The van der Waals surface area contributed by atoms with Gasteiger partial charge in [0, 0.05) is 6.08 Å². The third-order valence-corrected chi connectivity index (χ3v) is 1.49. The Labute approximate surface area is 79.4 Å². The van der Waals surface area contributed by atoms with Crippen LogP contribution in [0.5, 0.6) is 0 Å². The van der Waals surface area contributed by atoms with Crippen LogP contribution in [0.15, 0.2) is 12.2 Å². The highest BCUT2D eigenvalue weighted by molar-refractivity contribution is 5.81. The number of hydrogen-bond acceptors (Lipinski definition) is 3. The fraction of sp³-hybridized carbons (Fsp3) is 0.700. The second-order valence-corrected chi connectivity index (χ2v) is 2.88. The van der Waals surface area contributed by atoms with E-state index >= 15 is 0 Å². The quantitative estimate of drug-likeness (QED) is 0.507. The second-order valence-electron chi connectivity index (χ2n) is 2.88. The van der Waals surface area contributed by atoms with E-state index in [9.17, 15) is 9.90 Å². The molecular weight excluding hydrogens is 168 g/mol. The normalized spacial score (nSPS) is 13.2. The van der Waals surface area contributed by atoms with Crippen molar-refractivity contribution in [2.45, 2.75) is 39.2 Å². The lowest BCUT2D eigenvalue weighted by molar-refractivity contribution is -0.137. The van der Waals surface area contributed by atoms with Gasteiger partial charge in [-0.05, 0) is 18.9 Å². The molecule has 1 atom stereocenters. The van der Waals surface area contributed by atoms with Gasteiger partial charge in [0.25, 0.3) is 0 Å². The topological polar surface area (TPSA) is 46.5 Å². The van der Waals surface area contributed by atoms with Crippen molar-refractivity contribution in [2.75, 3.05) is 6.61 Å². The lowest BCUT2D eigenvalue weighted by Gasteiger charge is -2.01. The Morgan fingerprint density at radius 1 is 1.46 bits per heavy atom. The molecule has 0 heterocycles. The summed E-state index contributed by atoms with van der Waals surface area (Å²) < 4.78 is 4.78. The van der Waals surface area contributed by atoms with Crippen molar-refractivity contribution >= 4 is 5.97 Å². The highest BCUT2D eigenvalue weighted by Gasteiger charge is 1.99. The molecule has 3 heteroatoms. The number of carbonyl (C=O) groups is 1. The molecular formula is C10H18O3. The van der Waals surface area contributed by atoms with Gasteiger partial charge in [0.15, 0.2) is 0 Å². The molecule has 0 aromatic carbocycles. The van der Waals surface area contributed by atoms with Crippen LogP contribution in [0.2, 0.25) is 0 Å². The zero-order chi connectivity index (χ0) is 10.1. The van der Waals surface area contributed by atoms with E-state index in [1.54, 1.807) is 0 Å². The van der Waals surface area contributed by atoms with E-state index in [1.807, 2.05) is 13.8 Å². The van der Waals surface area contributed by atoms with Gasteiger partial charge in [-0.1, -0.05) is 20.3 Å². The van der Waals surface area contributed by atoms with Gasteiger partial charge in [0.1, 0.15) is 0 Å². The average molecular weight is 186 g/mol. The molecule has 0 aromatic rings. The summed E-state index contributed by atoms with van der Waals surface area (Å²) in [4.78, 5) is 10.9. The van der Waals surface area contributed by atoms with Crippen LogP contribution in [0.1, 0.15) is 33.1 Å². The highest BCUT2D eigenvalue weighted by atomic mass is 16.5. The Morgan fingerprint density at radius 3 is 2.69 bits per heavy atom. The molecule has 0 aromatic heterocycles. The van der Waals surface area contributed by atoms with Crippen LogP contribution >= 0.6 is 0 Å². The largest absolute Gasteiger partial charge is 0.463 e. The Hall–Kier alpha value is -0.830. The minimum absolute atomic E-state index is 0.378. The van der Waals surface area contributed by atoms with Gasteiger partial charge in [0.05, 0.1) is 12.7 Å². The van der Waals surface area contributed by atoms with Crippen LogP contribution in [0, 0.1) is 0 Å². The summed E-state index contributed by atoms with van der Waals surface area (Å²) in [5, 5.41) is 9.23. The Balaban J connectivity index is 3.63. The first-order chi connectivity index (χ1) is 6.20. The Kier molecular flexibility index (Phi) is 7.30. The van der Waals surface area contributed by atoms with E-state index in [0.29, 0.717) is 13.0 Å². The van der Waals surface area contributed by atoms with E-state index < -0.39 is 6.10 Å². The molecule has 1 unspecified atom stereocenters. The zero-order valence-corrected chi connectivity index (χ0v) is 8.32. The summed E-state index contributed by atoms with van der Waals surface area (Å²) in [6, 6.07) is 0. The van der Waals surface area contributed by atoms with Gasteiger partial charge >= 0.3 is 5.97 Å². The predicted molar refractivity (Wildman–Crippen MR) is 51.3 cm³/mol. The van der Waals surface area contributed by atoms with Crippen molar-refractivity contribution in [3.63, 3.8) is 0 Å². The van der Waals surface area contributed by atoms with Gasteiger partial charge in [-0.2, -0.15) is 0 Å². The number of esters is 1. The first-order valence-corrected chi connectivity index (χ1v) is 4.73. The lowest BCUT2D eigenvalue weighted by atomic mass is 10.2. The van der Waals surface area contributed by atoms with Crippen molar-refractivity contribution in [3.05, 3.63) is 12.2 Å². The molecule has 0 aliphatic rings. The summed E-state index contributed by atoms with van der Waals surface area (Å²) in [6.07, 6.45) is 4.63.